The minimum Gasteiger partial charge on any atom is -0.340 e. The molecule has 116 valence electrons. The average molecular weight is 326 g/mol. The predicted molar refractivity (Wildman–Crippen MR) is 87.2 cm³/mol. The van der Waals surface area contributed by atoms with E-state index in [1.54, 1.807) is 37.5 Å². The molecule has 7 heteroatoms. The summed E-state index contributed by atoms with van der Waals surface area (Å²) in [6.07, 6.45) is 3.27. The lowest BCUT2D eigenvalue weighted by Crippen LogP contribution is -2.13. The fraction of sp³-hybridized carbons (Fsp3) is 0.125. The summed E-state index contributed by atoms with van der Waals surface area (Å²) >= 11 is 1.49. The van der Waals surface area contributed by atoms with Gasteiger partial charge < -0.3 is 9.84 Å². The maximum Gasteiger partial charge on any atom is 0.256 e. The number of benzene rings is 1. The second kappa shape index (κ2) is 7.06. The number of anilines is 1. The van der Waals surface area contributed by atoms with Crippen molar-refractivity contribution >= 4 is 23.4 Å². The number of amides is 1. The van der Waals surface area contributed by atoms with Gasteiger partial charge in [0, 0.05) is 18.0 Å². The van der Waals surface area contributed by atoms with Crippen molar-refractivity contribution in [2.24, 2.45) is 0 Å². The first kappa shape index (κ1) is 15.2. The molecule has 2 aromatic heterocycles. The number of pyridine rings is 1. The van der Waals surface area contributed by atoms with Gasteiger partial charge in [0.2, 0.25) is 5.89 Å². The van der Waals surface area contributed by atoms with Crippen LogP contribution in [0.15, 0.2) is 58.2 Å². The summed E-state index contributed by atoms with van der Waals surface area (Å²) in [6, 6.07) is 11.0. The standard InChI is InChI=1S/C16H14N4O2S/c1-11-18-15(20-22-11)10-23-14-7-3-2-6-13(14)16(21)19-12-5-4-8-17-9-12/h2-9H,10H2,1H3,(H,19,21). The van der Waals surface area contributed by atoms with Crippen molar-refractivity contribution in [2.45, 2.75) is 17.6 Å². The molecule has 0 unspecified atom stereocenters. The second-order valence-corrected chi connectivity index (χ2v) is 5.73. The number of aromatic nitrogens is 3. The van der Waals surface area contributed by atoms with Gasteiger partial charge in [-0.25, -0.2) is 0 Å². The van der Waals surface area contributed by atoms with E-state index in [1.807, 2.05) is 18.2 Å². The lowest BCUT2D eigenvalue weighted by molar-refractivity contribution is 0.102. The van der Waals surface area contributed by atoms with E-state index >= 15 is 0 Å². The molecule has 0 atom stereocenters. The number of carbonyl (C=O) groups excluding carboxylic acids is 1. The second-order valence-electron chi connectivity index (χ2n) is 4.71. The van der Waals surface area contributed by atoms with E-state index in [-0.39, 0.29) is 5.91 Å². The molecule has 0 aliphatic rings. The summed E-state index contributed by atoms with van der Waals surface area (Å²) in [5.74, 6) is 1.50. The molecule has 0 fully saturated rings. The lowest BCUT2D eigenvalue weighted by Gasteiger charge is -2.09. The van der Waals surface area contributed by atoms with Gasteiger partial charge in [-0.3, -0.25) is 9.78 Å². The highest BCUT2D eigenvalue weighted by atomic mass is 32.2. The molecule has 0 bridgehead atoms. The highest BCUT2D eigenvalue weighted by Gasteiger charge is 2.13. The van der Waals surface area contributed by atoms with Crippen molar-refractivity contribution in [3.05, 3.63) is 66.1 Å². The predicted octanol–water partition coefficient (Wildman–Crippen LogP) is 3.32. The van der Waals surface area contributed by atoms with Gasteiger partial charge in [-0.2, -0.15) is 4.98 Å². The van der Waals surface area contributed by atoms with Crippen molar-refractivity contribution in [3.8, 4) is 0 Å². The van der Waals surface area contributed by atoms with Crippen LogP contribution in [0.3, 0.4) is 0 Å². The van der Waals surface area contributed by atoms with E-state index < -0.39 is 0 Å². The number of hydrogen-bond donors (Lipinski definition) is 1. The van der Waals surface area contributed by atoms with Crippen LogP contribution >= 0.6 is 11.8 Å². The maximum atomic E-state index is 12.4. The molecule has 1 aromatic carbocycles. The molecule has 0 saturated heterocycles. The van der Waals surface area contributed by atoms with E-state index in [0.29, 0.717) is 28.7 Å². The minimum atomic E-state index is -0.176. The zero-order chi connectivity index (χ0) is 16.1. The number of carbonyl (C=O) groups is 1. The third-order valence-corrected chi connectivity index (χ3v) is 4.05. The highest BCUT2D eigenvalue weighted by Crippen LogP contribution is 2.26. The molecule has 0 spiro atoms. The Labute approximate surface area is 137 Å². The monoisotopic (exact) mass is 326 g/mol. The number of rotatable bonds is 5. The quantitative estimate of drug-likeness (QED) is 0.724. The summed E-state index contributed by atoms with van der Waals surface area (Å²) in [5.41, 5.74) is 1.26. The van der Waals surface area contributed by atoms with E-state index in [0.717, 1.165) is 4.90 Å². The average Bonchev–Trinajstić information content (AvgIpc) is 2.99. The molecular formula is C16H14N4O2S. The zero-order valence-electron chi connectivity index (χ0n) is 12.4. The molecule has 0 saturated carbocycles. The third-order valence-electron chi connectivity index (χ3n) is 2.98. The Morgan fingerprint density at radius 2 is 2.13 bits per heavy atom. The van der Waals surface area contributed by atoms with Crippen molar-refractivity contribution in [2.75, 3.05) is 5.32 Å². The van der Waals surface area contributed by atoms with Crippen LogP contribution in [0, 0.1) is 6.92 Å². The van der Waals surface area contributed by atoms with Crippen molar-refractivity contribution < 1.29 is 9.32 Å². The van der Waals surface area contributed by atoms with Crippen LogP contribution in [0.1, 0.15) is 22.1 Å². The van der Waals surface area contributed by atoms with Crippen LogP contribution in [0.2, 0.25) is 0 Å². The molecule has 0 aliphatic carbocycles. The van der Waals surface area contributed by atoms with Gasteiger partial charge in [0.15, 0.2) is 5.82 Å². The van der Waals surface area contributed by atoms with Gasteiger partial charge in [0.05, 0.1) is 23.2 Å². The number of hydrogen-bond acceptors (Lipinski definition) is 6. The van der Waals surface area contributed by atoms with Crippen molar-refractivity contribution in [1.82, 2.24) is 15.1 Å². The van der Waals surface area contributed by atoms with Crippen molar-refractivity contribution in [3.63, 3.8) is 0 Å². The van der Waals surface area contributed by atoms with E-state index in [4.69, 9.17) is 4.52 Å². The van der Waals surface area contributed by atoms with Crippen LogP contribution in [0.25, 0.3) is 0 Å². The number of aryl methyl sites for hydroxylation is 1. The third kappa shape index (κ3) is 3.95. The van der Waals surface area contributed by atoms with Crippen LogP contribution in [0.5, 0.6) is 0 Å². The molecule has 6 nitrogen and oxygen atoms in total. The van der Waals surface area contributed by atoms with Gasteiger partial charge in [0.1, 0.15) is 0 Å². The molecule has 1 N–H and O–H groups in total. The molecule has 0 radical (unpaired) electrons. The Hall–Kier alpha value is -2.67. The van der Waals surface area contributed by atoms with Crippen LogP contribution in [-0.4, -0.2) is 21.0 Å². The Morgan fingerprint density at radius 1 is 1.26 bits per heavy atom. The molecule has 2 heterocycles. The topological polar surface area (TPSA) is 80.9 Å². The molecule has 3 aromatic rings. The molecule has 0 aliphatic heterocycles. The number of thioether (sulfide) groups is 1. The van der Waals surface area contributed by atoms with Crippen LogP contribution in [-0.2, 0) is 5.75 Å². The normalized spacial score (nSPS) is 10.5. The van der Waals surface area contributed by atoms with E-state index in [9.17, 15) is 4.79 Å². The van der Waals surface area contributed by atoms with E-state index in [2.05, 4.69) is 20.4 Å². The van der Waals surface area contributed by atoms with Gasteiger partial charge in [-0.15, -0.1) is 11.8 Å². The SMILES string of the molecule is Cc1nc(CSc2ccccc2C(=O)Nc2cccnc2)no1. The summed E-state index contributed by atoms with van der Waals surface area (Å²) in [6.45, 7) is 1.75. The van der Waals surface area contributed by atoms with E-state index in [1.165, 1.54) is 11.8 Å². The maximum absolute atomic E-state index is 12.4. The zero-order valence-corrected chi connectivity index (χ0v) is 13.2. The fourth-order valence-electron chi connectivity index (χ4n) is 1.96. The van der Waals surface area contributed by atoms with Gasteiger partial charge in [-0.05, 0) is 24.3 Å². The molecule has 23 heavy (non-hydrogen) atoms. The molecular weight excluding hydrogens is 312 g/mol. The Kier molecular flexibility index (Phi) is 4.68. The Morgan fingerprint density at radius 3 is 2.87 bits per heavy atom. The Bertz CT molecular complexity index is 805. The summed E-state index contributed by atoms with van der Waals surface area (Å²) in [7, 11) is 0. The first-order chi connectivity index (χ1) is 11.2. The fourth-order valence-corrected chi connectivity index (χ4v) is 2.85. The Balaban J connectivity index is 1.73. The number of nitrogens with zero attached hydrogens (tertiary/aromatic N) is 3. The summed E-state index contributed by atoms with van der Waals surface area (Å²) < 4.78 is 4.95. The smallest absolute Gasteiger partial charge is 0.256 e. The van der Waals surface area contributed by atoms with Gasteiger partial charge in [-0.1, -0.05) is 17.3 Å². The minimum absolute atomic E-state index is 0.176. The number of nitrogens with one attached hydrogen (secondary N) is 1. The summed E-state index contributed by atoms with van der Waals surface area (Å²) in [4.78, 5) is 21.5. The highest BCUT2D eigenvalue weighted by molar-refractivity contribution is 7.98. The first-order valence-electron chi connectivity index (χ1n) is 6.95. The van der Waals surface area contributed by atoms with Crippen LogP contribution < -0.4 is 5.32 Å². The van der Waals surface area contributed by atoms with Crippen molar-refractivity contribution in [1.29, 1.82) is 0 Å². The summed E-state index contributed by atoms with van der Waals surface area (Å²) in [5, 5.41) is 6.69. The first-order valence-corrected chi connectivity index (χ1v) is 7.93. The largest absolute Gasteiger partial charge is 0.340 e. The lowest BCUT2D eigenvalue weighted by atomic mass is 10.2. The van der Waals surface area contributed by atoms with Crippen LogP contribution in [0.4, 0.5) is 5.69 Å². The molecule has 1 amide bonds. The molecule has 3 rings (SSSR count). The van der Waals surface area contributed by atoms with Gasteiger partial charge in [0.25, 0.3) is 5.91 Å². The van der Waals surface area contributed by atoms with Gasteiger partial charge >= 0.3 is 0 Å².